The molecule has 0 aliphatic heterocycles. The number of aliphatic imine (C=N–C) groups is 1. The average molecular weight is 314 g/mol. The normalized spacial score (nSPS) is 14.6. The first-order valence-electron chi connectivity index (χ1n) is 6.43. The highest BCUT2D eigenvalue weighted by Crippen LogP contribution is 2.21. The average Bonchev–Trinajstić information content (AvgIpc) is 2.33. The van der Waals surface area contributed by atoms with Gasteiger partial charge in [-0.3, -0.25) is 15.1 Å². The third-order valence-electron chi connectivity index (χ3n) is 2.78. The highest BCUT2D eigenvalue weighted by Gasteiger charge is 2.31. The first-order chi connectivity index (χ1) is 9.56. The number of nitrogens with zero attached hydrogens (tertiary/aromatic N) is 2. The lowest BCUT2D eigenvalue weighted by Crippen LogP contribution is -2.22. The van der Waals surface area contributed by atoms with Gasteiger partial charge in [0.2, 0.25) is 5.04 Å². The molecular formula is C14H22N2O4S. The predicted octanol–water partition coefficient (Wildman–Crippen LogP) is 2.91. The lowest BCUT2D eigenvalue weighted by Gasteiger charge is -2.08. The molecule has 0 heterocycles. The summed E-state index contributed by atoms with van der Waals surface area (Å²) in [6, 6.07) is 0. The van der Waals surface area contributed by atoms with Gasteiger partial charge in [0.25, 0.3) is 0 Å². The van der Waals surface area contributed by atoms with Crippen LogP contribution in [0.4, 0.5) is 0 Å². The molecule has 0 bridgehead atoms. The fraction of sp³-hybridized carbons (Fsp3) is 0.500. The molecule has 0 N–H and O–H groups in total. The quantitative estimate of drug-likeness (QED) is 0.256. The molecule has 0 spiro atoms. The Hall–Kier alpha value is -1.76. The lowest BCUT2D eigenvalue weighted by molar-refractivity contribution is -0.415. The van der Waals surface area contributed by atoms with Crippen molar-refractivity contribution in [2.75, 3.05) is 13.3 Å². The second kappa shape index (κ2) is 7.87. The zero-order valence-corrected chi connectivity index (χ0v) is 14.1. The van der Waals surface area contributed by atoms with Crippen LogP contribution in [0.25, 0.3) is 0 Å². The van der Waals surface area contributed by atoms with E-state index >= 15 is 0 Å². The molecule has 0 saturated heterocycles. The van der Waals surface area contributed by atoms with Crippen LogP contribution in [0.1, 0.15) is 34.1 Å². The van der Waals surface area contributed by atoms with Crippen LogP contribution in [0.3, 0.4) is 0 Å². The maximum Gasteiger partial charge on any atom is 0.309 e. The van der Waals surface area contributed by atoms with Crippen molar-refractivity contribution in [3.63, 3.8) is 0 Å². The topological polar surface area (TPSA) is 89.6 Å². The van der Waals surface area contributed by atoms with Crippen LogP contribution in [-0.2, 0) is 9.84 Å². The first kappa shape index (κ1) is 19.2. The van der Waals surface area contributed by atoms with E-state index in [0.29, 0.717) is 17.6 Å². The van der Waals surface area contributed by atoms with Gasteiger partial charge in [-0.25, -0.2) is 8.42 Å². The van der Waals surface area contributed by atoms with Gasteiger partial charge in [-0.05, 0) is 32.8 Å². The standard InChI is InChI=1S/C14H22N2O4S/c1-7-12(9-8-10(2)3)11(4)13(16(17)18)14(15-5)21(6,19)20/h8-9H,7H2,1-6H3/b12-9-,13-11-,15-14?. The van der Waals surface area contributed by atoms with E-state index < -0.39 is 25.5 Å². The fourth-order valence-electron chi connectivity index (χ4n) is 1.75. The smallest absolute Gasteiger partial charge is 0.271 e. The van der Waals surface area contributed by atoms with Crippen molar-refractivity contribution in [1.29, 1.82) is 0 Å². The Balaban J connectivity index is 6.35. The minimum Gasteiger partial charge on any atom is -0.271 e. The van der Waals surface area contributed by atoms with Crippen molar-refractivity contribution in [3.8, 4) is 0 Å². The number of nitro groups is 1. The Morgan fingerprint density at radius 1 is 1.24 bits per heavy atom. The Morgan fingerprint density at radius 3 is 2.05 bits per heavy atom. The second-order valence-corrected chi connectivity index (χ2v) is 6.75. The summed E-state index contributed by atoms with van der Waals surface area (Å²) in [5.41, 5.74) is 1.60. The first-order valence-corrected chi connectivity index (χ1v) is 8.32. The summed E-state index contributed by atoms with van der Waals surface area (Å²) < 4.78 is 23.4. The molecule has 0 aromatic carbocycles. The van der Waals surface area contributed by atoms with Gasteiger partial charge in [-0.1, -0.05) is 24.6 Å². The van der Waals surface area contributed by atoms with Gasteiger partial charge in [-0.2, -0.15) is 0 Å². The van der Waals surface area contributed by atoms with Crippen LogP contribution >= 0.6 is 0 Å². The highest BCUT2D eigenvalue weighted by molar-refractivity contribution is 8.06. The zero-order valence-electron chi connectivity index (χ0n) is 13.3. The molecule has 6 nitrogen and oxygen atoms in total. The molecule has 0 atom stereocenters. The third kappa shape index (κ3) is 5.63. The van der Waals surface area contributed by atoms with Crippen LogP contribution in [0, 0.1) is 10.1 Å². The van der Waals surface area contributed by atoms with Crippen molar-refractivity contribution >= 4 is 14.9 Å². The van der Waals surface area contributed by atoms with Gasteiger partial charge in [0.1, 0.15) is 0 Å². The number of allylic oxidation sites excluding steroid dienone is 5. The van der Waals surface area contributed by atoms with Crippen LogP contribution < -0.4 is 0 Å². The third-order valence-corrected chi connectivity index (χ3v) is 3.85. The molecular weight excluding hydrogens is 292 g/mol. The van der Waals surface area contributed by atoms with E-state index in [1.54, 1.807) is 13.0 Å². The molecule has 0 unspecified atom stereocenters. The van der Waals surface area contributed by atoms with Crippen molar-refractivity contribution < 1.29 is 13.3 Å². The Labute approximate surface area is 126 Å². The van der Waals surface area contributed by atoms with E-state index in [4.69, 9.17) is 0 Å². The Kier molecular flexibility index (Phi) is 7.21. The molecule has 0 aromatic rings. The van der Waals surface area contributed by atoms with Crippen molar-refractivity contribution in [2.45, 2.75) is 34.1 Å². The Bertz CT molecular complexity index is 634. The number of sulfone groups is 1. The van der Waals surface area contributed by atoms with Crippen LogP contribution in [0.5, 0.6) is 0 Å². The molecule has 0 saturated carbocycles. The van der Waals surface area contributed by atoms with Crippen molar-refractivity contribution in [3.05, 3.63) is 44.7 Å². The van der Waals surface area contributed by atoms with Crippen molar-refractivity contribution in [1.82, 2.24) is 0 Å². The number of hydrogen-bond donors (Lipinski definition) is 0. The van der Waals surface area contributed by atoms with Gasteiger partial charge in [-0.15, -0.1) is 0 Å². The highest BCUT2D eigenvalue weighted by atomic mass is 32.2. The van der Waals surface area contributed by atoms with Crippen LogP contribution in [0.2, 0.25) is 0 Å². The summed E-state index contributed by atoms with van der Waals surface area (Å²) in [5, 5.41) is 10.8. The maximum absolute atomic E-state index is 11.7. The van der Waals surface area contributed by atoms with E-state index in [9.17, 15) is 18.5 Å². The minimum atomic E-state index is -3.77. The summed E-state index contributed by atoms with van der Waals surface area (Å²) in [6.45, 7) is 7.22. The van der Waals surface area contributed by atoms with E-state index in [0.717, 1.165) is 11.8 Å². The molecule has 21 heavy (non-hydrogen) atoms. The van der Waals surface area contributed by atoms with Crippen LogP contribution in [-0.4, -0.2) is 31.7 Å². The van der Waals surface area contributed by atoms with Crippen LogP contribution in [0.15, 0.2) is 39.6 Å². The van der Waals surface area contributed by atoms with Gasteiger partial charge in [0.15, 0.2) is 9.84 Å². The van der Waals surface area contributed by atoms with E-state index in [1.807, 2.05) is 26.8 Å². The summed E-state index contributed by atoms with van der Waals surface area (Å²) in [6.07, 6.45) is 5.07. The zero-order chi connectivity index (χ0) is 16.8. The second-order valence-electron chi connectivity index (χ2n) is 4.82. The van der Waals surface area contributed by atoms with E-state index in [2.05, 4.69) is 4.99 Å². The summed E-state index contributed by atoms with van der Waals surface area (Å²) >= 11 is 0. The van der Waals surface area contributed by atoms with Crippen molar-refractivity contribution in [2.24, 2.45) is 4.99 Å². The molecule has 7 heteroatoms. The fourth-order valence-corrected chi connectivity index (χ4v) is 2.66. The molecule has 0 amide bonds. The number of hydrogen-bond acceptors (Lipinski definition) is 5. The molecule has 0 radical (unpaired) electrons. The van der Waals surface area contributed by atoms with E-state index in [1.165, 1.54) is 7.05 Å². The number of rotatable bonds is 5. The monoisotopic (exact) mass is 314 g/mol. The summed E-state index contributed by atoms with van der Waals surface area (Å²) in [7, 11) is -2.53. The summed E-state index contributed by atoms with van der Waals surface area (Å²) in [4.78, 5) is 14.2. The minimum absolute atomic E-state index is 0.311. The van der Waals surface area contributed by atoms with Gasteiger partial charge in [0, 0.05) is 18.9 Å². The Morgan fingerprint density at radius 2 is 1.76 bits per heavy atom. The molecule has 0 aliphatic rings. The molecule has 0 aliphatic carbocycles. The largest absolute Gasteiger partial charge is 0.309 e. The summed E-state index contributed by atoms with van der Waals surface area (Å²) in [5.74, 6) is 0. The van der Waals surface area contributed by atoms with Gasteiger partial charge >= 0.3 is 5.70 Å². The molecule has 0 fully saturated rings. The maximum atomic E-state index is 11.7. The lowest BCUT2D eigenvalue weighted by atomic mass is 10.0. The SMILES string of the molecule is CCC(=C/C=C(C)C)/C(C)=C(/C(=NC)S(C)(=O)=O)[N+](=O)[O-]. The van der Waals surface area contributed by atoms with E-state index in [-0.39, 0.29) is 0 Å². The predicted molar refractivity (Wildman–Crippen MR) is 85.7 cm³/mol. The molecule has 0 aromatic heterocycles. The molecule has 0 rings (SSSR count). The van der Waals surface area contributed by atoms with Gasteiger partial charge < -0.3 is 0 Å². The van der Waals surface area contributed by atoms with Gasteiger partial charge in [0.05, 0.1) is 4.92 Å². The molecule has 118 valence electrons.